The van der Waals surface area contributed by atoms with E-state index in [2.05, 4.69) is 0 Å². The molecule has 0 aliphatic heterocycles. The number of hydrogen-bond acceptors (Lipinski definition) is 6. The zero-order valence-corrected chi connectivity index (χ0v) is 16.6. The number of ether oxygens (including phenoxy) is 2. The highest BCUT2D eigenvalue weighted by Crippen LogP contribution is 2.22. The Morgan fingerprint density at radius 2 is 0.962 bits per heavy atom. The molecule has 0 bridgehead atoms. The zero-order valence-electron chi connectivity index (χ0n) is 16.6. The molecule has 8 heteroatoms. The standard InChI is InChI=1S/2C9H16O4/c2*1-4-7(10)13-6-9(3,5-2)8(11)12/h2*4-6H2,1-3H3,(H,11,12)/t2*9-/m10/s1. The summed E-state index contributed by atoms with van der Waals surface area (Å²) in [6.45, 7) is 9.90. The molecule has 0 rings (SSSR count). The van der Waals surface area contributed by atoms with E-state index in [1.807, 2.05) is 0 Å². The van der Waals surface area contributed by atoms with Crippen LogP contribution in [0.15, 0.2) is 0 Å². The lowest BCUT2D eigenvalue weighted by Gasteiger charge is -2.21. The van der Waals surface area contributed by atoms with Crippen LogP contribution >= 0.6 is 0 Å². The summed E-state index contributed by atoms with van der Waals surface area (Å²) in [7, 11) is 0. The minimum Gasteiger partial charge on any atom is -0.481 e. The Morgan fingerprint density at radius 1 is 0.692 bits per heavy atom. The molecule has 0 saturated carbocycles. The molecule has 0 aromatic carbocycles. The molecule has 152 valence electrons. The van der Waals surface area contributed by atoms with Crippen molar-refractivity contribution in [2.75, 3.05) is 13.2 Å². The molecule has 0 amide bonds. The second kappa shape index (κ2) is 12.3. The lowest BCUT2D eigenvalue weighted by atomic mass is 9.89. The molecule has 0 aliphatic carbocycles. The van der Waals surface area contributed by atoms with Crippen LogP contribution in [-0.4, -0.2) is 47.3 Å². The third-order valence-corrected chi connectivity index (χ3v) is 4.27. The second-order valence-electron chi connectivity index (χ2n) is 6.47. The van der Waals surface area contributed by atoms with Gasteiger partial charge in [-0.1, -0.05) is 27.7 Å². The van der Waals surface area contributed by atoms with Crippen molar-refractivity contribution in [2.45, 2.75) is 67.2 Å². The van der Waals surface area contributed by atoms with Crippen molar-refractivity contribution >= 4 is 23.9 Å². The van der Waals surface area contributed by atoms with E-state index in [0.29, 0.717) is 12.8 Å². The van der Waals surface area contributed by atoms with Gasteiger partial charge in [0.05, 0.1) is 10.8 Å². The highest BCUT2D eigenvalue weighted by atomic mass is 16.5. The highest BCUT2D eigenvalue weighted by Gasteiger charge is 2.33. The molecule has 0 fully saturated rings. The van der Waals surface area contributed by atoms with Gasteiger partial charge in [0.25, 0.3) is 0 Å². The van der Waals surface area contributed by atoms with Crippen LogP contribution in [0.3, 0.4) is 0 Å². The van der Waals surface area contributed by atoms with E-state index in [1.165, 1.54) is 0 Å². The number of aliphatic carboxylic acids is 2. The van der Waals surface area contributed by atoms with Crippen molar-refractivity contribution < 1.29 is 38.9 Å². The van der Waals surface area contributed by atoms with E-state index in [9.17, 15) is 19.2 Å². The van der Waals surface area contributed by atoms with E-state index >= 15 is 0 Å². The fourth-order valence-electron chi connectivity index (χ4n) is 1.31. The third kappa shape index (κ3) is 9.39. The first-order valence-electron chi connectivity index (χ1n) is 8.70. The normalized spacial score (nSPS) is 14.7. The summed E-state index contributed by atoms with van der Waals surface area (Å²) in [5, 5.41) is 17.7. The fourth-order valence-corrected chi connectivity index (χ4v) is 1.31. The Bertz CT molecular complexity index is 444. The maximum atomic E-state index is 10.8. The van der Waals surface area contributed by atoms with Gasteiger partial charge in [-0.3, -0.25) is 19.2 Å². The Labute approximate surface area is 154 Å². The largest absolute Gasteiger partial charge is 0.481 e. The van der Waals surface area contributed by atoms with Crippen molar-refractivity contribution in [1.29, 1.82) is 0 Å². The third-order valence-electron chi connectivity index (χ3n) is 4.27. The SMILES string of the molecule is CCC(=O)OC[C@@](C)(CC)C(=O)O.CCC(=O)OC[C@](C)(CC)C(=O)O. The average Bonchev–Trinajstić information content (AvgIpc) is 2.63. The molecule has 0 radical (unpaired) electrons. The lowest BCUT2D eigenvalue weighted by Crippen LogP contribution is -2.33. The first-order chi connectivity index (χ1) is 11.9. The van der Waals surface area contributed by atoms with Gasteiger partial charge in [0.15, 0.2) is 0 Å². The van der Waals surface area contributed by atoms with E-state index in [1.54, 1.807) is 41.5 Å². The summed E-state index contributed by atoms with van der Waals surface area (Å²) in [5.41, 5.74) is -1.91. The van der Waals surface area contributed by atoms with Crippen LogP contribution in [0.5, 0.6) is 0 Å². The molecule has 2 N–H and O–H groups in total. The molecular weight excluding hydrogens is 344 g/mol. The van der Waals surface area contributed by atoms with Gasteiger partial charge >= 0.3 is 23.9 Å². The Morgan fingerprint density at radius 3 is 1.12 bits per heavy atom. The van der Waals surface area contributed by atoms with Gasteiger partial charge in [-0.25, -0.2) is 0 Å². The molecule has 0 unspecified atom stereocenters. The maximum Gasteiger partial charge on any atom is 0.312 e. The van der Waals surface area contributed by atoms with Gasteiger partial charge < -0.3 is 19.7 Å². The van der Waals surface area contributed by atoms with E-state index in [0.717, 1.165) is 0 Å². The number of hydrogen-bond donors (Lipinski definition) is 2. The van der Waals surface area contributed by atoms with E-state index in [4.69, 9.17) is 19.7 Å². The average molecular weight is 376 g/mol. The minimum atomic E-state index is -0.954. The molecular formula is C18H32O8. The van der Waals surface area contributed by atoms with Crippen molar-refractivity contribution in [3.05, 3.63) is 0 Å². The molecule has 0 spiro atoms. The van der Waals surface area contributed by atoms with Gasteiger partial charge in [0, 0.05) is 12.8 Å². The number of esters is 2. The Hall–Kier alpha value is -2.12. The maximum absolute atomic E-state index is 10.8. The molecule has 26 heavy (non-hydrogen) atoms. The van der Waals surface area contributed by atoms with Gasteiger partial charge in [0.2, 0.25) is 0 Å². The summed E-state index contributed by atoms with van der Waals surface area (Å²) >= 11 is 0. The number of rotatable bonds is 10. The second-order valence-corrected chi connectivity index (χ2v) is 6.47. The number of carboxylic acid groups (broad SMARTS) is 2. The van der Waals surface area contributed by atoms with Gasteiger partial charge in [-0.2, -0.15) is 0 Å². The lowest BCUT2D eigenvalue weighted by molar-refractivity contribution is -0.159. The minimum absolute atomic E-state index is 0.0501. The number of carboxylic acids is 2. The van der Waals surface area contributed by atoms with Crippen LogP contribution in [0.2, 0.25) is 0 Å². The van der Waals surface area contributed by atoms with Crippen LogP contribution in [0.25, 0.3) is 0 Å². The summed E-state index contributed by atoms with van der Waals surface area (Å²) in [6, 6.07) is 0. The van der Waals surface area contributed by atoms with Crippen LogP contribution in [0, 0.1) is 10.8 Å². The molecule has 8 nitrogen and oxygen atoms in total. The van der Waals surface area contributed by atoms with Gasteiger partial charge in [-0.15, -0.1) is 0 Å². The first-order valence-corrected chi connectivity index (χ1v) is 8.70. The Kier molecular flexibility index (Phi) is 12.3. The summed E-state index contributed by atoms with van der Waals surface area (Å²) in [6.07, 6.45) is 1.44. The molecule has 2 atom stereocenters. The highest BCUT2D eigenvalue weighted by molar-refractivity contribution is 5.76. The van der Waals surface area contributed by atoms with Crippen molar-refractivity contribution in [3.63, 3.8) is 0 Å². The predicted octanol–water partition coefficient (Wildman–Crippen LogP) is 2.88. The summed E-state index contributed by atoms with van der Waals surface area (Å²) in [5.74, 6) is -2.58. The summed E-state index contributed by atoms with van der Waals surface area (Å²) < 4.78 is 9.58. The molecule has 0 aliphatic rings. The first kappa shape index (κ1) is 26.1. The smallest absolute Gasteiger partial charge is 0.312 e. The van der Waals surface area contributed by atoms with Crippen LogP contribution in [-0.2, 0) is 28.7 Å². The van der Waals surface area contributed by atoms with Crippen molar-refractivity contribution in [2.24, 2.45) is 10.8 Å². The van der Waals surface area contributed by atoms with Crippen molar-refractivity contribution in [1.82, 2.24) is 0 Å². The Balaban J connectivity index is 0. The van der Waals surface area contributed by atoms with E-state index in [-0.39, 0.29) is 38.0 Å². The zero-order chi connectivity index (χ0) is 21.0. The quantitative estimate of drug-likeness (QED) is 0.557. The fraction of sp³-hybridized carbons (Fsp3) is 0.778. The van der Waals surface area contributed by atoms with Crippen LogP contribution in [0.1, 0.15) is 67.2 Å². The van der Waals surface area contributed by atoms with E-state index < -0.39 is 22.8 Å². The predicted molar refractivity (Wildman–Crippen MR) is 94.6 cm³/mol. The van der Waals surface area contributed by atoms with Crippen molar-refractivity contribution in [3.8, 4) is 0 Å². The number of carbonyl (C=O) groups is 4. The van der Waals surface area contributed by atoms with Gasteiger partial charge in [-0.05, 0) is 26.7 Å². The number of carbonyl (C=O) groups excluding carboxylic acids is 2. The topological polar surface area (TPSA) is 127 Å². The molecule has 0 aromatic heterocycles. The molecule has 0 heterocycles. The van der Waals surface area contributed by atoms with Crippen LogP contribution < -0.4 is 0 Å². The molecule has 0 aromatic rings. The van der Waals surface area contributed by atoms with Gasteiger partial charge in [0.1, 0.15) is 13.2 Å². The monoisotopic (exact) mass is 376 g/mol. The van der Waals surface area contributed by atoms with Crippen LogP contribution in [0.4, 0.5) is 0 Å². The molecule has 0 saturated heterocycles. The summed E-state index contributed by atoms with van der Waals surface area (Å²) in [4.78, 5) is 43.1.